The average Bonchev–Trinajstić information content (AvgIpc) is 2.35. The van der Waals surface area contributed by atoms with Crippen LogP contribution in [-0.4, -0.2) is 9.97 Å². The molecular weight excluding hydrogens is 334 g/mol. The number of rotatable bonds is 3. The lowest BCUT2D eigenvalue weighted by Crippen LogP contribution is -2.12. The Morgan fingerprint density at radius 1 is 1.33 bits per heavy atom. The minimum absolute atomic E-state index is 0.318. The van der Waals surface area contributed by atoms with E-state index in [4.69, 9.17) is 29.6 Å². The number of thiocarbonyl (C=S) groups is 1. The Kier molecular flexibility index (Phi) is 4.16. The van der Waals surface area contributed by atoms with Gasteiger partial charge in [-0.3, -0.25) is 4.98 Å². The zero-order chi connectivity index (χ0) is 13.1. The van der Waals surface area contributed by atoms with Gasteiger partial charge in [0.25, 0.3) is 0 Å². The third-order valence-corrected chi connectivity index (χ3v) is 3.92. The Bertz CT molecular complexity index is 604. The molecule has 3 N–H and O–H groups in total. The Morgan fingerprint density at radius 3 is 2.83 bits per heavy atom. The maximum atomic E-state index is 6.03. The van der Waals surface area contributed by atoms with Crippen molar-refractivity contribution in [2.45, 2.75) is 0 Å². The van der Waals surface area contributed by atoms with Crippen molar-refractivity contribution in [3.63, 3.8) is 0 Å². The fourth-order valence-corrected chi connectivity index (χ4v) is 2.17. The highest BCUT2D eigenvalue weighted by Crippen LogP contribution is 2.32. The van der Waals surface area contributed by atoms with Crippen molar-refractivity contribution in [2.75, 3.05) is 5.32 Å². The lowest BCUT2D eigenvalue weighted by atomic mass is 10.2. The van der Waals surface area contributed by atoms with Crippen molar-refractivity contribution >= 4 is 56.1 Å². The minimum atomic E-state index is 0.318. The van der Waals surface area contributed by atoms with E-state index >= 15 is 0 Å². The van der Waals surface area contributed by atoms with E-state index in [1.54, 1.807) is 24.5 Å². The predicted molar refractivity (Wildman–Crippen MR) is 82.6 cm³/mol. The number of halogens is 2. The molecule has 0 spiro atoms. The zero-order valence-corrected chi connectivity index (χ0v) is 12.3. The van der Waals surface area contributed by atoms with Crippen molar-refractivity contribution < 1.29 is 0 Å². The molecule has 2 aromatic rings. The molecule has 6 heteroatoms. The molecule has 0 saturated carbocycles. The predicted octanol–water partition coefficient (Wildman–Crippen LogP) is 3.88. The van der Waals surface area contributed by atoms with Crippen LogP contribution in [-0.2, 0) is 0 Å². The van der Waals surface area contributed by atoms with Crippen LogP contribution in [0.5, 0.6) is 0 Å². The van der Waals surface area contributed by atoms with E-state index in [9.17, 15) is 0 Å². The molecule has 0 unspecified atom stereocenters. The maximum absolute atomic E-state index is 6.03. The molecule has 0 bridgehead atoms. The van der Waals surface area contributed by atoms with Crippen molar-refractivity contribution in [2.24, 2.45) is 5.73 Å². The molecule has 0 atom stereocenters. The number of pyridine rings is 1. The topological polar surface area (TPSA) is 50.9 Å². The summed E-state index contributed by atoms with van der Waals surface area (Å²) in [5.74, 6) is 0. The number of aromatic nitrogens is 1. The van der Waals surface area contributed by atoms with Crippen LogP contribution in [0.2, 0.25) is 5.02 Å². The molecule has 0 saturated heterocycles. The van der Waals surface area contributed by atoms with Crippen molar-refractivity contribution in [1.82, 2.24) is 4.98 Å². The van der Waals surface area contributed by atoms with Gasteiger partial charge in [0, 0.05) is 11.8 Å². The summed E-state index contributed by atoms with van der Waals surface area (Å²) in [6.45, 7) is 0. The summed E-state index contributed by atoms with van der Waals surface area (Å²) >= 11 is 14.4. The second kappa shape index (κ2) is 5.65. The fourth-order valence-electron chi connectivity index (χ4n) is 1.45. The first-order chi connectivity index (χ1) is 8.59. The summed E-state index contributed by atoms with van der Waals surface area (Å²) in [6, 6.07) is 7.32. The largest absolute Gasteiger partial charge is 0.389 e. The first-order valence-electron chi connectivity index (χ1n) is 5.04. The third kappa shape index (κ3) is 2.80. The first kappa shape index (κ1) is 13.3. The number of benzene rings is 1. The zero-order valence-electron chi connectivity index (χ0n) is 9.15. The first-order valence-corrected chi connectivity index (χ1v) is 6.62. The highest BCUT2D eigenvalue weighted by atomic mass is 79.9. The number of hydrogen-bond acceptors (Lipinski definition) is 3. The van der Waals surface area contributed by atoms with Crippen LogP contribution in [0.25, 0.3) is 0 Å². The summed E-state index contributed by atoms with van der Waals surface area (Å²) in [5.41, 5.74) is 7.97. The molecule has 0 radical (unpaired) electrons. The molecule has 0 aliphatic rings. The van der Waals surface area contributed by atoms with Crippen molar-refractivity contribution in [1.29, 1.82) is 0 Å². The van der Waals surface area contributed by atoms with E-state index < -0.39 is 0 Å². The van der Waals surface area contributed by atoms with Crippen molar-refractivity contribution in [3.8, 4) is 0 Å². The monoisotopic (exact) mass is 341 g/mol. The van der Waals surface area contributed by atoms with Gasteiger partial charge < -0.3 is 11.1 Å². The summed E-state index contributed by atoms with van der Waals surface area (Å²) < 4.78 is 0.782. The van der Waals surface area contributed by atoms with E-state index in [1.165, 1.54) is 0 Å². The van der Waals surface area contributed by atoms with Gasteiger partial charge >= 0.3 is 0 Å². The Hall–Kier alpha value is -1.17. The highest BCUT2D eigenvalue weighted by Gasteiger charge is 2.08. The normalized spacial score (nSPS) is 10.1. The van der Waals surface area contributed by atoms with Crippen LogP contribution in [0.15, 0.2) is 41.1 Å². The van der Waals surface area contributed by atoms with E-state index in [0.29, 0.717) is 10.0 Å². The Morgan fingerprint density at radius 2 is 2.11 bits per heavy atom. The van der Waals surface area contributed by atoms with Crippen LogP contribution < -0.4 is 11.1 Å². The van der Waals surface area contributed by atoms with Gasteiger partial charge in [0.15, 0.2) is 0 Å². The van der Waals surface area contributed by atoms with Crippen molar-refractivity contribution in [3.05, 3.63) is 51.7 Å². The molecule has 2 rings (SSSR count). The molecular formula is C12H9BrClN3S. The number of hydrogen-bond donors (Lipinski definition) is 2. The molecule has 1 aromatic carbocycles. The SMILES string of the molecule is NC(=S)c1ccncc1Nc1cccc(Cl)c1Br. The maximum Gasteiger partial charge on any atom is 0.106 e. The summed E-state index contributed by atoms with van der Waals surface area (Å²) in [6.07, 6.45) is 3.31. The van der Waals surface area contributed by atoms with Gasteiger partial charge in [0.1, 0.15) is 4.99 Å². The van der Waals surface area contributed by atoms with E-state index in [0.717, 1.165) is 21.4 Å². The molecule has 0 aliphatic carbocycles. The molecule has 3 nitrogen and oxygen atoms in total. The standard InChI is InChI=1S/C12H9BrClN3S/c13-11-8(14)2-1-3-9(11)17-10-6-16-5-4-7(10)12(15)18/h1-6,17H,(H2,15,18). The van der Waals surface area contributed by atoms with Crippen LogP contribution in [0.4, 0.5) is 11.4 Å². The second-order valence-electron chi connectivity index (χ2n) is 3.51. The minimum Gasteiger partial charge on any atom is -0.389 e. The van der Waals surface area contributed by atoms with Crippen LogP contribution in [0.3, 0.4) is 0 Å². The molecule has 0 fully saturated rings. The van der Waals surface area contributed by atoms with Crippen LogP contribution in [0, 0.1) is 0 Å². The third-order valence-electron chi connectivity index (χ3n) is 2.31. The van der Waals surface area contributed by atoms with Gasteiger partial charge in [0.2, 0.25) is 0 Å². The number of nitrogens with two attached hydrogens (primary N) is 1. The number of anilines is 2. The van der Waals surface area contributed by atoms with Gasteiger partial charge in [-0.15, -0.1) is 0 Å². The summed E-state index contributed by atoms with van der Waals surface area (Å²) in [7, 11) is 0. The average molecular weight is 343 g/mol. The lowest BCUT2D eigenvalue weighted by Gasteiger charge is -2.12. The molecule has 92 valence electrons. The molecule has 18 heavy (non-hydrogen) atoms. The van der Waals surface area contributed by atoms with E-state index in [1.807, 2.05) is 12.1 Å². The van der Waals surface area contributed by atoms with Crippen LogP contribution in [0.1, 0.15) is 5.56 Å². The van der Waals surface area contributed by atoms with E-state index in [-0.39, 0.29) is 0 Å². The van der Waals surface area contributed by atoms with Gasteiger partial charge in [-0.05, 0) is 34.1 Å². The molecule has 1 heterocycles. The molecule has 0 aliphatic heterocycles. The van der Waals surface area contributed by atoms with Gasteiger partial charge in [0.05, 0.1) is 27.1 Å². The van der Waals surface area contributed by atoms with Crippen LogP contribution >= 0.6 is 39.7 Å². The second-order valence-corrected chi connectivity index (χ2v) is 5.15. The smallest absolute Gasteiger partial charge is 0.106 e. The highest BCUT2D eigenvalue weighted by molar-refractivity contribution is 9.10. The quantitative estimate of drug-likeness (QED) is 0.831. The van der Waals surface area contributed by atoms with Gasteiger partial charge in [-0.1, -0.05) is 29.9 Å². The number of nitrogens with zero attached hydrogens (tertiary/aromatic N) is 1. The van der Waals surface area contributed by atoms with Gasteiger partial charge in [-0.25, -0.2) is 0 Å². The Balaban J connectivity index is 2.40. The number of nitrogens with one attached hydrogen (secondary N) is 1. The molecule has 1 aromatic heterocycles. The Labute approximate surface area is 123 Å². The summed E-state index contributed by atoms with van der Waals surface area (Å²) in [4.78, 5) is 4.37. The van der Waals surface area contributed by atoms with Gasteiger partial charge in [-0.2, -0.15) is 0 Å². The molecule has 0 amide bonds. The summed E-state index contributed by atoms with van der Waals surface area (Å²) in [5, 5.41) is 3.83. The van der Waals surface area contributed by atoms with E-state index in [2.05, 4.69) is 26.2 Å². The fraction of sp³-hybridized carbons (Fsp3) is 0. The lowest BCUT2D eigenvalue weighted by molar-refractivity contribution is 1.31.